The van der Waals surface area contributed by atoms with Crippen molar-refractivity contribution in [2.24, 2.45) is 0 Å². The number of furan rings is 2. The Kier molecular flexibility index (Phi) is 6.98. The predicted molar refractivity (Wildman–Crippen MR) is 242 cm³/mol. The molecule has 1 aliphatic rings. The number of rotatable bonds is 5. The van der Waals surface area contributed by atoms with Crippen LogP contribution in [0.4, 0.5) is 17.1 Å². The zero-order chi connectivity index (χ0) is 38.5. The maximum Gasteiger partial charge on any atom is 0.143 e. The summed E-state index contributed by atoms with van der Waals surface area (Å²) in [4.78, 5) is 2.47. The highest BCUT2D eigenvalue weighted by Crippen LogP contribution is 2.55. The van der Waals surface area contributed by atoms with Gasteiger partial charge in [0.15, 0.2) is 0 Å². The van der Waals surface area contributed by atoms with Crippen molar-refractivity contribution in [1.29, 1.82) is 0 Å². The van der Waals surface area contributed by atoms with E-state index in [2.05, 4.69) is 195 Å². The third-order valence-corrected chi connectivity index (χ3v) is 12.5. The van der Waals surface area contributed by atoms with Crippen LogP contribution in [-0.4, -0.2) is 0 Å². The molecule has 0 amide bonds. The summed E-state index contributed by atoms with van der Waals surface area (Å²) in [6.45, 7) is 4.73. The van der Waals surface area contributed by atoms with E-state index in [1.54, 1.807) is 0 Å². The highest BCUT2D eigenvalue weighted by Gasteiger charge is 2.39. The molecule has 11 aromatic rings. The molecule has 2 heterocycles. The second kappa shape index (κ2) is 12.3. The first-order chi connectivity index (χ1) is 28.5. The summed E-state index contributed by atoms with van der Waals surface area (Å²) in [5, 5.41) is 6.80. The van der Waals surface area contributed by atoms with Crippen molar-refractivity contribution in [2.75, 3.05) is 4.90 Å². The van der Waals surface area contributed by atoms with Crippen molar-refractivity contribution >= 4 is 71.7 Å². The Hall–Kier alpha value is -7.36. The smallest absolute Gasteiger partial charge is 0.143 e. The Morgan fingerprint density at radius 1 is 0.397 bits per heavy atom. The van der Waals surface area contributed by atoms with Gasteiger partial charge in [0.2, 0.25) is 0 Å². The van der Waals surface area contributed by atoms with Crippen molar-refractivity contribution in [3.05, 3.63) is 199 Å². The second-order valence-corrected chi connectivity index (χ2v) is 16.0. The minimum Gasteiger partial charge on any atom is -0.456 e. The van der Waals surface area contributed by atoms with Crippen molar-refractivity contribution in [1.82, 2.24) is 0 Å². The van der Waals surface area contributed by atoms with E-state index in [9.17, 15) is 0 Å². The zero-order valence-electron chi connectivity index (χ0n) is 32.2. The first-order valence-corrected chi connectivity index (χ1v) is 20.0. The third kappa shape index (κ3) is 4.68. The standard InChI is InChI=1S/C55H37NO2/c1-55(2)46-23-8-5-16-39(46)41-20-12-25-48(52(41)55)56(36-31-28-35(29-32-36)37-19-13-27-50-51(37)45-18-7-10-26-49(45)57-50)47-24-9-6-17-40(47)42-21-11-22-43-44-33-30-34-14-3-4-15-38(34)53(44)58-54(42)43/h3-33H,1-2H3. The molecule has 0 aliphatic heterocycles. The lowest BCUT2D eigenvalue weighted by Crippen LogP contribution is -2.21. The van der Waals surface area contributed by atoms with Crippen LogP contribution in [-0.2, 0) is 5.41 Å². The Morgan fingerprint density at radius 2 is 1.02 bits per heavy atom. The van der Waals surface area contributed by atoms with Gasteiger partial charge in [0.25, 0.3) is 0 Å². The highest BCUT2D eigenvalue weighted by atomic mass is 16.3. The molecule has 58 heavy (non-hydrogen) atoms. The third-order valence-electron chi connectivity index (χ3n) is 12.5. The maximum atomic E-state index is 6.94. The van der Waals surface area contributed by atoms with Gasteiger partial charge in [-0.1, -0.05) is 159 Å². The molecule has 1 aliphatic carbocycles. The van der Waals surface area contributed by atoms with Crippen LogP contribution < -0.4 is 4.90 Å². The summed E-state index contributed by atoms with van der Waals surface area (Å²) in [5.74, 6) is 0. The number of hydrogen-bond donors (Lipinski definition) is 0. The van der Waals surface area contributed by atoms with Crippen LogP contribution in [0.1, 0.15) is 25.0 Å². The lowest BCUT2D eigenvalue weighted by Gasteiger charge is -2.33. The molecule has 2 aromatic heterocycles. The first kappa shape index (κ1) is 32.8. The predicted octanol–water partition coefficient (Wildman–Crippen LogP) is 15.7. The number of benzene rings is 9. The molecular weight excluding hydrogens is 707 g/mol. The SMILES string of the molecule is CC1(C)c2ccccc2-c2cccc(N(c3ccc(-c4cccc5oc6ccccc6c45)cc3)c3ccccc3-c3cccc4c3oc3c5ccccc5ccc43)c21. The van der Waals surface area contributed by atoms with Gasteiger partial charge in [-0.2, -0.15) is 0 Å². The molecule has 0 N–H and O–H groups in total. The molecule has 0 bridgehead atoms. The number of anilines is 3. The van der Waals surface area contributed by atoms with Crippen molar-refractivity contribution in [3.63, 3.8) is 0 Å². The van der Waals surface area contributed by atoms with Crippen molar-refractivity contribution in [2.45, 2.75) is 19.3 Å². The first-order valence-electron chi connectivity index (χ1n) is 20.0. The normalized spacial score (nSPS) is 13.1. The molecular formula is C55H37NO2. The molecule has 12 rings (SSSR count). The summed E-state index contributed by atoms with van der Waals surface area (Å²) in [5.41, 5.74) is 16.4. The van der Waals surface area contributed by atoms with Crippen molar-refractivity contribution in [3.8, 4) is 33.4 Å². The summed E-state index contributed by atoms with van der Waals surface area (Å²) in [7, 11) is 0. The molecule has 3 heteroatoms. The summed E-state index contributed by atoms with van der Waals surface area (Å²) < 4.78 is 13.2. The molecule has 3 nitrogen and oxygen atoms in total. The minimum absolute atomic E-state index is 0.229. The molecule has 274 valence electrons. The zero-order valence-corrected chi connectivity index (χ0v) is 32.2. The van der Waals surface area contributed by atoms with E-state index >= 15 is 0 Å². The van der Waals surface area contributed by atoms with Gasteiger partial charge in [-0.05, 0) is 81.2 Å². The maximum absolute atomic E-state index is 6.94. The topological polar surface area (TPSA) is 29.5 Å². The average Bonchev–Trinajstić information content (AvgIpc) is 3.93. The Labute approximate surface area is 336 Å². The van der Waals surface area contributed by atoms with Gasteiger partial charge in [-0.25, -0.2) is 0 Å². The van der Waals surface area contributed by atoms with Gasteiger partial charge in [-0.15, -0.1) is 0 Å². The average molecular weight is 744 g/mol. The van der Waals surface area contributed by atoms with Gasteiger partial charge >= 0.3 is 0 Å². The Bertz CT molecular complexity index is 3440. The summed E-state index contributed by atoms with van der Waals surface area (Å²) in [6.07, 6.45) is 0. The molecule has 0 unspecified atom stereocenters. The molecule has 0 saturated heterocycles. The Balaban J connectivity index is 1.09. The van der Waals surface area contributed by atoms with Crippen LogP contribution in [0.15, 0.2) is 197 Å². The Morgan fingerprint density at radius 3 is 1.91 bits per heavy atom. The number of nitrogens with zero attached hydrogens (tertiary/aromatic N) is 1. The van der Waals surface area contributed by atoms with Gasteiger partial charge in [-0.3, -0.25) is 0 Å². The fraction of sp³-hybridized carbons (Fsp3) is 0.0545. The fourth-order valence-corrected chi connectivity index (χ4v) is 9.85. The molecule has 0 fully saturated rings. The van der Waals surface area contributed by atoms with Crippen LogP contribution in [0.3, 0.4) is 0 Å². The largest absolute Gasteiger partial charge is 0.456 e. The summed E-state index contributed by atoms with van der Waals surface area (Å²) >= 11 is 0. The van der Waals surface area contributed by atoms with E-state index in [-0.39, 0.29) is 5.41 Å². The van der Waals surface area contributed by atoms with Gasteiger partial charge in [0, 0.05) is 49.2 Å². The molecule has 0 spiro atoms. The molecule has 0 saturated carbocycles. The van der Waals surface area contributed by atoms with Gasteiger partial charge in [0.05, 0.1) is 11.4 Å². The lowest BCUT2D eigenvalue weighted by molar-refractivity contribution is 0.661. The van der Waals surface area contributed by atoms with E-state index < -0.39 is 0 Å². The monoisotopic (exact) mass is 743 g/mol. The van der Waals surface area contributed by atoms with Crippen LogP contribution in [0.2, 0.25) is 0 Å². The number of fused-ring (bicyclic) bond motifs is 11. The van der Waals surface area contributed by atoms with Gasteiger partial charge in [0.1, 0.15) is 22.3 Å². The molecule has 0 atom stereocenters. The molecule has 0 radical (unpaired) electrons. The van der Waals surface area contributed by atoms with Crippen molar-refractivity contribution < 1.29 is 8.83 Å². The number of hydrogen-bond acceptors (Lipinski definition) is 3. The second-order valence-electron chi connectivity index (χ2n) is 16.0. The lowest BCUT2D eigenvalue weighted by atomic mass is 9.81. The van der Waals surface area contributed by atoms with Crippen LogP contribution in [0, 0.1) is 0 Å². The van der Waals surface area contributed by atoms with E-state index in [1.807, 2.05) is 12.1 Å². The van der Waals surface area contributed by atoms with Crippen LogP contribution in [0.25, 0.3) is 88.0 Å². The number of para-hydroxylation sites is 3. The van der Waals surface area contributed by atoms with E-state index in [4.69, 9.17) is 8.83 Å². The van der Waals surface area contributed by atoms with Gasteiger partial charge < -0.3 is 13.7 Å². The van der Waals surface area contributed by atoms with E-state index in [1.165, 1.54) is 27.6 Å². The van der Waals surface area contributed by atoms with E-state index in [0.717, 1.165) is 88.6 Å². The fourth-order valence-electron chi connectivity index (χ4n) is 9.85. The highest BCUT2D eigenvalue weighted by molar-refractivity contribution is 6.18. The quantitative estimate of drug-likeness (QED) is 0.176. The van der Waals surface area contributed by atoms with Crippen LogP contribution >= 0.6 is 0 Å². The van der Waals surface area contributed by atoms with Crippen LogP contribution in [0.5, 0.6) is 0 Å². The molecule has 9 aromatic carbocycles. The summed E-state index contributed by atoms with van der Waals surface area (Å²) in [6, 6.07) is 67.6. The van der Waals surface area contributed by atoms with E-state index in [0.29, 0.717) is 0 Å². The minimum atomic E-state index is -0.229.